The number of hydrogen-bond acceptors (Lipinski definition) is 4. The molecule has 22 heavy (non-hydrogen) atoms. The molecule has 4 rings (SSSR count). The molecular weight excluding hydrogens is 274 g/mol. The van der Waals surface area contributed by atoms with Crippen molar-refractivity contribution in [3.8, 4) is 0 Å². The Morgan fingerprint density at radius 3 is 3.14 bits per heavy atom. The highest BCUT2D eigenvalue weighted by atomic mass is 15.2. The first-order chi connectivity index (χ1) is 10.9. The number of rotatable bonds is 3. The molecule has 0 aliphatic carbocycles. The molecule has 0 bridgehead atoms. The van der Waals surface area contributed by atoms with Crippen LogP contribution in [-0.2, 0) is 0 Å². The quantitative estimate of drug-likeness (QED) is 0.943. The summed E-state index contributed by atoms with van der Waals surface area (Å²) in [6, 6.07) is 4.60. The van der Waals surface area contributed by atoms with Crippen molar-refractivity contribution < 1.29 is 0 Å². The lowest BCUT2D eigenvalue weighted by Gasteiger charge is -2.32. The second-order valence-electron chi connectivity index (χ2n) is 6.57. The number of aromatic nitrogens is 3. The maximum Gasteiger partial charge on any atom is 0.160 e. The molecule has 0 aromatic carbocycles. The zero-order valence-corrected chi connectivity index (χ0v) is 13.3. The van der Waals surface area contributed by atoms with E-state index in [9.17, 15) is 0 Å². The molecule has 4 heterocycles. The molecule has 2 atom stereocenters. The molecule has 5 heteroatoms. The molecular formula is C17H25N5. The van der Waals surface area contributed by atoms with Crippen molar-refractivity contribution in [2.45, 2.75) is 38.1 Å². The fourth-order valence-electron chi connectivity index (χ4n) is 4.01. The highest BCUT2D eigenvalue weighted by molar-refractivity contribution is 5.71. The van der Waals surface area contributed by atoms with E-state index < -0.39 is 0 Å². The summed E-state index contributed by atoms with van der Waals surface area (Å²) in [5.74, 6) is 1.81. The van der Waals surface area contributed by atoms with Gasteiger partial charge in [0.05, 0.1) is 6.04 Å². The number of piperidine rings is 1. The number of hydrogen-bond donors (Lipinski definition) is 1. The van der Waals surface area contributed by atoms with Crippen LogP contribution >= 0.6 is 0 Å². The average Bonchev–Trinajstić information content (AvgIpc) is 3.21. The smallest absolute Gasteiger partial charge is 0.160 e. The Bertz CT molecular complexity index is 644. The number of likely N-dealkylation sites (N-methyl/N-ethyl adjacent to an activating group) is 1. The number of nitrogens with one attached hydrogen (secondary N) is 1. The Morgan fingerprint density at radius 1 is 1.36 bits per heavy atom. The summed E-state index contributed by atoms with van der Waals surface area (Å²) in [5, 5.41) is 3.49. The number of fused-ring (bicyclic) bond motifs is 1. The van der Waals surface area contributed by atoms with E-state index in [4.69, 9.17) is 4.98 Å². The summed E-state index contributed by atoms with van der Waals surface area (Å²) < 4.78 is 2.44. The van der Waals surface area contributed by atoms with Crippen molar-refractivity contribution in [1.29, 1.82) is 0 Å². The van der Waals surface area contributed by atoms with Crippen molar-refractivity contribution in [3.63, 3.8) is 0 Å². The van der Waals surface area contributed by atoms with Gasteiger partial charge in [-0.3, -0.25) is 0 Å². The van der Waals surface area contributed by atoms with Gasteiger partial charge in [0, 0.05) is 25.2 Å². The van der Waals surface area contributed by atoms with Gasteiger partial charge in [0.25, 0.3) is 0 Å². The fourth-order valence-corrected chi connectivity index (χ4v) is 4.01. The molecule has 0 amide bonds. The van der Waals surface area contributed by atoms with Gasteiger partial charge in [-0.15, -0.1) is 0 Å². The predicted octanol–water partition coefficient (Wildman–Crippen LogP) is 2.17. The third-order valence-electron chi connectivity index (χ3n) is 5.19. The molecule has 5 nitrogen and oxygen atoms in total. The van der Waals surface area contributed by atoms with E-state index in [1.807, 2.05) is 12.3 Å². The highest BCUT2D eigenvalue weighted by Crippen LogP contribution is 2.32. The average molecular weight is 299 g/mol. The van der Waals surface area contributed by atoms with Crippen molar-refractivity contribution in [1.82, 2.24) is 24.8 Å². The van der Waals surface area contributed by atoms with Gasteiger partial charge in [-0.1, -0.05) is 6.92 Å². The van der Waals surface area contributed by atoms with Gasteiger partial charge >= 0.3 is 0 Å². The molecule has 2 aromatic rings. The summed E-state index contributed by atoms with van der Waals surface area (Å²) in [5.41, 5.74) is 2.12. The molecule has 2 saturated heterocycles. The molecule has 2 aliphatic heterocycles. The van der Waals surface area contributed by atoms with Crippen molar-refractivity contribution in [2.24, 2.45) is 0 Å². The van der Waals surface area contributed by atoms with Gasteiger partial charge in [-0.2, -0.15) is 0 Å². The third kappa shape index (κ3) is 2.42. The van der Waals surface area contributed by atoms with E-state index in [0.717, 1.165) is 37.3 Å². The standard InChI is InChI=1S/C17H25N5/c1-2-21-10-4-5-13(12-21)16-20-15-6-3-8-19-17(15)22(16)14-7-9-18-11-14/h3,6,8,13-14,18H,2,4-5,7,9-12H2,1H3. The Balaban J connectivity index is 1.77. The highest BCUT2D eigenvalue weighted by Gasteiger charge is 2.29. The monoisotopic (exact) mass is 299 g/mol. The number of likely N-dealkylation sites (tertiary alicyclic amines) is 1. The molecule has 2 aromatic heterocycles. The molecule has 2 aliphatic rings. The molecule has 0 spiro atoms. The van der Waals surface area contributed by atoms with Gasteiger partial charge in [0.15, 0.2) is 5.65 Å². The lowest BCUT2D eigenvalue weighted by Crippen LogP contribution is -2.35. The van der Waals surface area contributed by atoms with Crippen LogP contribution in [0.5, 0.6) is 0 Å². The lowest BCUT2D eigenvalue weighted by molar-refractivity contribution is 0.211. The van der Waals surface area contributed by atoms with Crippen LogP contribution in [0.25, 0.3) is 11.2 Å². The van der Waals surface area contributed by atoms with Crippen LogP contribution in [0.2, 0.25) is 0 Å². The number of pyridine rings is 1. The van der Waals surface area contributed by atoms with E-state index in [1.54, 1.807) is 0 Å². The second kappa shape index (κ2) is 5.97. The Kier molecular flexibility index (Phi) is 3.84. The summed E-state index contributed by atoms with van der Waals surface area (Å²) in [4.78, 5) is 12.2. The zero-order chi connectivity index (χ0) is 14.9. The molecule has 0 radical (unpaired) electrons. The summed E-state index contributed by atoms with van der Waals surface area (Å²) in [6.45, 7) is 7.91. The first kappa shape index (κ1) is 14.2. The minimum Gasteiger partial charge on any atom is -0.315 e. The van der Waals surface area contributed by atoms with Crippen LogP contribution in [0.3, 0.4) is 0 Å². The van der Waals surface area contributed by atoms with Crippen LogP contribution in [0.4, 0.5) is 0 Å². The summed E-state index contributed by atoms with van der Waals surface area (Å²) >= 11 is 0. The van der Waals surface area contributed by atoms with E-state index in [-0.39, 0.29) is 0 Å². The van der Waals surface area contributed by atoms with Crippen molar-refractivity contribution in [3.05, 3.63) is 24.2 Å². The Labute approximate surface area is 131 Å². The molecule has 1 N–H and O–H groups in total. The summed E-state index contributed by atoms with van der Waals surface area (Å²) in [7, 11) is 0. The SMILES string of the molecule is CCN1CCCC(c2nc3cccnc3n2C2CCNC2)C1. The van der Waals surface area contributed by atoms with Gasteiger partial charge in [-0.05, 0) is 51.0 Å². The number of nitrogens with zero attached hydrogens (tertiary/aromatic N) is 4. The molecule has 118 valence electrons. The topological polar surface area (TPSA) is 46.0 Å². The fraction of sp³-hybridized carbons (Fsp3) is 0.647. The van der Waals surface area contributed by atoms with Gasteiger partial charge < -0.3 is 14.8 Å². The van der Waals surface area contributed by atoms with E-state index in [0.29, 0.717) is 12.0 Å². The largest absolute Gasteiger partial charge is 0.315 e. The van der Waals surface area contributed by atoms with E-state index in [2.05, 4.69) is 32.8 Å². The van der Waals surface area contributed by atoms with Crippen LogP contribution in [0.1, 0.15) is 44.0 Å². The van der Waals surface area contributed by atoms with E-state index >= 15 is 0 Å². The minimum absolute atomic E-state index is 0.506. The van der Waals surface area contributed by atoms with Crippen LogP contribution in [0.15, 0.2) is 18.3 Å². The zero-order valence-electron chi connectivity index (χ0n) is 13.3. The van der Waals surface area contributed by atoms with E-state index in [1.165, 1.54) is 31.6 Å². The molecule has 2 unspecified atom stereocenters. The maximum atomic E-state index is 5.00. The van der Waals surface area contributed by atoms with Gasteiger partial charge in [0.1, 0.15) is 11.3 Å². The Morgan fingerprint density at radius 2 is 2.32 bits per heavy atom. The number of imidazole rings is 1. The van der Waals surface area contributed by atoms with Crippen LogP contribution in [0, 0.1) is 0 Å². The van der Waals surface area contributed by atoms with Crippen molar-refractivity contribution >= 4 is 11.2 Å². The second-order valence-corrected chi connectivity index (χ2v) is 6.57. The minimum atomic E-state index is 0.506. The third-order valence-corrected chi connectivity index (χ3v) is 5.19. The lowest BCUT2D eigenvalue weighted by atomic mass is 9.97. The first-order valence-electron chi connectivity index (χ1n) is 8.62. The van der Waals surface area contributed by atoms with Crippen LogP contribution < -0.4 is 5.32 Å². The Hall–Kier alpha value is -1.46. The van der Waals surface area contributed by atoms with Gasteiger partial charge in [0.2, 0.25) is 0 Å². The van der Waals surface area contributed by atoms with Gasteiger partial charge in [-0.25, -0.2) is 9.97 Å². The first-order valence-corrected chi connectivity index (χ1v) is 8.62. The predicted molar refractivity (Wildman–Crippen MR) is 88.1 cm³/mol. The van der Waals surface area contributed by atoms with Crippen LogP contribution in [-0.4, -0.2) is 52.2 Å². The maximum absolute atomic E-state index is 5.00. The summed E-state index contributed by atoms with van der Waals surface area (Å²) in [6.07, 6.45) is 5.60. The molecule has 2 fully saturated rings. The molecule has 0 saturated carbocycles. The van der Waals surface area contributed by atoms with Crippen molar-refractivity contribution in [2.75, 3.05) is 32.7 Å². The normalized spacial score (nSPS) is 26.8.